The molecule has 0 bridgehead atoms. The third kappa shape index (κ3) is 3.65. The molecule has 0 radical (unpaired) electrons. The maximum atomic E-state index is 12.9. The highest BCUT2D eigenvalue weighted by Gasteiger charge is 2.24. The number of aromatic nitrogens is 1. The van der Waals surface area contributed by atoms with E-state index in [1.807, 2.05) is 49.9 Å². The van der Waals surface area contributed by atoms with E-state index in [1.165, 1.54) is 0 Å². The molecule has 3 rings (SSSR count). The molecule has 0 unspecified atom stereocenters. The Bertz CT molecular complexity index is 709. The van der Waals surface area contributed by atoms with Crippen LogP contribution in [-0.2, 0) is 10.5 Å². The zero-order valence-corrected chi connectivity index (χ0v) is 15.1. The summed E-state index contributed by atoms with van der Waals surface area (Å²) >= 11 is 1.65. The molecule has 1 aromatic carbocycles. The van der Waals surface area contributed by atoms with Crippen molar-refractivity contribution in [2.75, 3.05) is 19.7 Å². The lowest BCUT2D eigenvalue weighted by atomic mass is 10.1. The third-order valence-electron chi connectivity index (χ3n) is 4.20. The number of hydrogen-bond donors (Lipinski definition) is 0. The zero-order chi connectivity index (χ0) is 17.1. The first-order chi connectivity index (χ1) is 11.6. The fourth-order valence-corrected chi connectivity index (χ4v) is 4.00. The summed E-state index contributed by atoms with van der Waals surface area (Å²) in [5.74, 6) is 1.66. The fraction of sp³-hybridized carbons (Fsp3) is 0.444. The van der Waals surface area contributed by atoms with Gasteiger partial charge in [0, 0.05) is 29.3 Å². The molecule has 0 spiro atoms. The van der Waals surface area contributed by atoms with Crippen LogP contribution in [0.5, 0.6) is 0 Å². The number of amides is 1. The van der Waals surface area contributed by atoms with Gasteiger partial charge in [-0.15, -0.1) is 11.8 Å². The van der Waals surface area contributed by atoms with Crippen molar-refractivity contribution in [3.05, 3.63) is 46.8 Å². The summed E-state index contributed by atoms with van der Waals surface area (Å²) in [6.45, 7) is 7.74. The minimum Gasteiger partial charge on any atom is -0.375 e. The molecule has 1 amide bonds. The maximum Gasteiger partial charge on any atom is 0.255 e. The molecule has 128 valence electrons. The van der Waals surface area contributed by atoms with Gasteiger partial charge in [-0.25, -0.2) is 0 Å². The highest BCUT2D eigenvalue weighted by atomic mass is 32.2. The van der Waals surface area contributed by atoms with Crippen LogP contribution in [-0.4, -0.2) is 41.8 Å². The lowest BCUT2D eigenvalue weighted by molar-refractivity contribution is -0.0125. The number of aryl methyl sites for hydroxylation is 2. The number of hydrogen-bond acceptors (Lipinski definition) is 5. The molecule has 24 heavy (non-hydrogen) atoms. The second-order valence-corrected chi connectivity index (χ2v) is 7.04. The van der Waals surface area contributed by atoms with Gasteiger partial charge in [0.1, 0.15) is 5.76 Å². The molecular formula is C18H22N2O3S. The van der Waals surface area contributed by atoms with Crippen LogP contribution in [0, 0.1) is 13.8 Å². The van der Waals surface area contributed by atoms with Crippen LogP contribution < -0.4 is 0 Å². The minimum atomic E-state index is 0.0759. The van der Waals surface area contributed by atoms with Crippen LogP contribution in [0.4, 0.5) is 0 Å². The van der Waals surface area contributed by atoms with Crippen molar-refractivity contribution >= 4 is 17.7 Å². The quantitative estimate of drug-likeness (QED) is 0.794. The zero-order valence-electron chi connectivity index (χ0n) is 14.2. The van der Waals surface area contributed by atoms with E-state index in [-0.39, 0.29) is 12.0 Å². The number of benzene rings is 1. The van der Waals surface area contributed by atoms with Gasteiger partial charge in [-0.3, -0.25) is 4.79 Å². The average Bonchev–Trinajstić information content (AvgIpc) is 2.91. The minimum absolute atomic E-state index is 0.0759. The van der Waals surface area contributed by atoms with Crippen molar-refractivity contribution in [1.29, 1.82) is 0 Å². The van der Waals surface area contributed by atoms with Gasteiger partial charge >= 0.3 is 0 Å². The van der Waals surface area contributed by atoms with Gasteiger partial charge in [0.25, 0.3) is 5.91 Å². The van der Waals surface area contributed by atoms with Crippen LogP contribution in [0.1, 0.15) is 34.3 Å². The maximum absolute atomic E-state index is 12.9. The van der Waals surface area contributed by atoms with Crippen molar-refractivity contribution in [3.8, 4) is 0 Å². The molecule has 1 aliphatic heterocycles. The largest absolute Gasteiger partial charge is 0.375 e. The number of rotatable bonds is 4. The average molecular weight is 346 g/mol. The third-order valence-corrected chi connectivity index (χ3v) is 5.30. The second-order valence-electron chi connectivity index (χ2n) is 6.02. The van der Waals surface area contributed by atoms with E-state index in [2.05, 4.69) is 5.16 Å². The van der Waals surface area contributed by atoms with Crippen LogP contribution in [0.25, 0.3) is 0 Å². The topological polar surface area (TPSA) is 55.6 Å². The van der Waals surface area contributed by atoms with Crippen LogP contribution in [0.3, 0.4) is 0 Å². The molecule has 0 aliphatic carbocycles. The molecule has 5 nitrogen and oxygen atoms in total. The Labute approximate surface area is 146 Å². The lowest BCUT2D eigenvalue weighted by Gasteiger charge is -2.31. The molecule has 0 saturated carbocycles. The van der Waals surface area contributed by atoms with Crippen LogP contribution in [0.15, 0.2) is 33.7 Å². The Kier molecular flexibility index (Phi) is 5.26. The predicted octanol–water partition coefficient (Wildman–Crippen LogP) is 3.44. The number of thioether (sulfide) groups is 1. The summed E-state index contributed by atoms with van der Waals surface area (Å²) in [6.07, 6.45) is 0.0878. The monoisotopic (exact) mass is 346 g/mol. The number of morpholine rings is 1. The molecular weight excluding hydrogens is 324 g/mol. The SMILES string of the molecule is Cc1noc(C)c1CSc1ccccc1C(=O)N1CCO[C@@H](C)C1. The summed E-state index contributed by atoms with van der Waals surface area (Å²) in [7, 11) is 0. The first kappa shape index (κ1) is 17.0. The van der Waals surface area contributed by atoms with E-state index in [0.717, 1.165) is 33.2 Å². The van der Waals surface area contributed by atoms with Gasteiger partial charge < -0.3 is 14.2 Å². The normalized spacial score (nSPS) is 18.0. The van der Waals surface area contributed by atoms with E-state index < -0.39 is 0 Å². The Morgan fingerprint density at radius 2 is 2.17 bits per heavy atom. The van der Waals surface area contributed by atoms with Gasteiger partial charge in [0.15, 0.2) is 0 Å². The van der Waals surface area contributed by atoms with Crippen molar-refractivity contribution < 1.29 is 14.1 Å². The van der Waals surface area contributed by atoms with E-state index >= 15 is 0 Å². The predicted molar refractivity (Wildman–Crippen MR) is 93.3 cm³/mol. The van der Waals surface area contributed by atoms with Gasteiger partial charge in [-0.05, 0) is 32.9 Å². The summed E-state index contributed by atoms with van der Waals surface area (Å²) < 4.78 is 10.7. The molecule has 2 aromatic rings. The number of nitrogens with zero attached hydrogens (tertiary/aromatic N) is 2. The standard InChI is InChI=1S/C18H22N2O3S/c1-12-10-20(8-9-22-12)18(21)15-6-4-5-7-17(15)24-11-16-13(2)19-23-14(16)3/h4-7,12H,8-11H2,1-3H3/t12-/m0/s1. The number of carbonyl (C=O) groups is 1. The van der Waals surface area contributed by atoms with Crippen molar-refractivity contribution in [3.63, 3.8) is 0 Å². The van der Waals surface area contributed by atoms with E-state index in [1.54, 1.807) is 11.8 Å². The summed E-state index contributed by atoms with van der Waals surface area (Å²) in [4.78, 5) is 15.8. The Hall–Kier alpha value is -1.79. The van der Waals surface area contributed by atoms with E-state index in [9.17, 15) is 4.79 Å². The van der Waals surface area contributed by atoms with Gasteiger partial charge in [0.05, 0.1) is 24.0 Å². The van der Waals surface area contributed by atoms with E-state index in [4.69, 9.17) is 9.26 Å². The van der Waals surface area contributed by atoms with Crippen molar-refractivity contribution in [2.45, 2.75) is 37.5 Å². The Balaban J connectivity index is 1.76. The molecule has 1 aromatic heterocycles. The van der Waals surface area contributed by atoms with E-state index in [0.29, 0.717) is 19.7 Å². The molecule has 0 N–H and O–H groups in total. The Morgan fingerprint density at radius 3 is 2.88 bits per heavy atom. The molecule has 2 heterocycles. The fourth-order valence-electron chi connectivity index (χ4n) is 2.80. The van der Waals surface area contributed by atoms with Crippen molar-refractivity contribution in [2.24, 2.45) is 0 Å². The van der Waals surface area contributed by atoms with Gasteiger partial charge in [0.2, 0.25) is 0 Å². The molecule has 1 saturated heterocycles. The smallest absolute Gasteiger partial charge is 0.255 e. The molecule has 6 heteroatoms. The summed E-state index contributed by atoms with van der Waals surface area (Å²) in [5.41, 5.74) is 2.76. The highest BCUT2D eigenvalue weighted by molar-refractivity contribution is 7.98. The van der Waals surface area contributed by atoms with Crippen LogP contribution in [0.2, 0.25) is 0 Å². The van der Waals surface area contributed by atoms with Gasteiger partial charge in [-0.1, -0.05) is 17.3 Å². The first-order valence-electron chi connectivity index (χ1n) is 8.10. The number of carbonyl (C=O) groups excluding carboxylic acids is 1. The summed E-state index contributed by atoms with van der Waals surface area (Å²) in [6, 6.07) is 7.78. The molecule has 1 aliphatic rings. The highest BCUT2D eigenvalue weighted by Crippen LogP contribution is 2.29. The number of ether oxygens (including phenoxy) is 1. The van der Waals surface area contributed by atoms with Crippen LogP contribution >= 0.6 is 11.8 Å². The summed E-state index contributed by atoms with van der Waals surface area (Å²) in [5, 5.41) is 3.99. The van der Waals surface area contributed by atoms with Crippen molar-refractivity contribution in [1.82, 2.24) is 10.1 Å². The molecule has 1 fully saturated rings. The molecule has 1 atom stereocenters. The second kappa shape index (κ2) is 7.40. The lowest BCUT2D eigenvalue weighted by Crippen LogP contribution is -2.44. The van der Waals surface area contributed by atoms with Gasteiger partial charge in [-0.2, -0.15) is 0 Å². The first-order valence-corrected chi connectivity index (χ1v) is 9.09. The Morgan fingerprint density at radius 1 is 1.38 bits per heavy atom.